The third-order valence-electron chi connectivity index (χ3n) is 2.91. The normalized spacial score (nSPS) is 12.2. The standard InChI is InChI=1S/C14H16N2O2S/c1-8-7-11(10(3)19-8)9(2)15-14(18)12-5-4-6-13(17)16-12/h4-7,9H,1-3H3,(H,15,18)(H,16,17). The third kappa shape index (κ3) is 3.12. The molecule has 0 saturated heterocycles. The molecule has 0 fully saturated rings. The summed E-state index contributed by atoms with van der Waals surface area (Å²) < 4.78 is 0. The molecule has 100 valence electrons. The van der Waals surface area contributed by atoms with Gasteiger partial charge in [-0.25, -0.2) is 0 Å². The van der Waals surface area contributed by atoms with Crippen LogP contribution >= 0.6 is 11.3 Å². The zero-order valence-electron chi connectivity index (χ0n) is 11.1. The van der Waals surface area contributed by atoms with Crippen LogP contribution in [0, 0.1) is 13.8 Å². The monoisotopic (exact) mass is 276 g/mol. The Labute approximate surface area is 115 Å². The minimum absolute atomic E-state index is 0.0823. The molecule has 2 rings (SSSR count). The molecule has 0 aromatic carbocycles. The fourth-order valence-electron chi connectivity index (χ4n) is 2.01. The first-order chi connectivity index (χ1) is 8.97. The van der Waals surface area contributed by atoms with Crippen molar-refractivity contribution in [3.63, 3.8) is 0 Å². The van der Waals surface area contributed by atoms with Gasteiger partial charge >= 0.3 is 0 Å². The quantitative estimate of drug-likeness (QED) is 0.905. The number of nitrogens with one attached hydrogen (secondary N) is 2. The van der Waals surface area contributed by atoms with Crippen LogP contribution in [0.25, 0.3) is 0 Å². The van der Waals surface area contributed by atoms with Crippen molar-refractivity contribution in [1.82, 2.24) is 10.3 Å². The summed E-state index contributed by atoms with van der Waals surface area (Å²) in [5, 5.41) is 2.89. The van der Waals surface area contributed by atoms with Crippen LogP contribution in [0.15, 0.2) is 29.1 Å². The van der Waals surface area contributed by atoms with E-state index in [1.165, 1.54) is 15.8 Å². The van der Waals surface area contributed by atoms with Crippen molar-refractivity contribution in [2.75, 3.05) is 0 Å². The van der Waals surface area contributed by atoms with E-state index in [4.69, 9.17) is 0 Å². The lowest BCUT2D eigenvalue weighted by atomic mass is 10.1. The van der Waals surface area contributed by atoms with E-state index in [0.29, 0.717) is 0 Å². The number of aromatic amines is 1. The first-order valence-electron chi connectivity index (χ1n) is 6.04. The van der Waals surface area contributed by atoms with Crippen LogP contribution in [-0.4, -0.2) is 10.9 Å². The summed E-state index contributed by atoms with van der Waals surface area (Å²) in [5.41, 5.74) is 1.13. The molecule has 2 aromatic heterocycles. The number of carbonyl (C=O) groups excluding carboxylic acids is 1. The average molecular weight is 276 g/mol. The number of rotatable bonds is 3. The maximum Gasteiger partial charge on any atom is 0.268 e. The van der Waals surface area contributed by atoms with E-state index >= 15 is 0 Å². The number of carbonyl (C=O) groups is 1. The molecular formula is C14H16N2O2S. The van der Waals surface area contributed by atoms with Crippen LogP contribution in [0.1, 0.15) is 38.8 Å². The maximum absolute atomic E-state index is 12.0. The van der Waals surface area contributed by atoms with Crippen molar-refractivity contribution in [3.8, 4) is 0 Å². The first kappa shape index (κ1) is 13.5. The van der Waals surface area contributed by atoms with Crippen LogP contribution in [0.4, 0.5) is 0 Å². The highest BCUT2D eigenvalue weighted by atomic mass is 32.1. The molecule has 2 N–H and O–H groups in total. The lowest BCUT2D eigenvalue weighted by Gasteiger charge is -2.13. The Hall–Kier alpha value is -1.88. The predicted molar refractivity (Wildman–Crippen MR) is 76.7 cm³/mol. The Morgan fingerprint density at radius 2 is 2.11 bits per heavy atom. The van der Waals surface area contributed by atoms with Gasteiger partial charge in [-0.2, -0.15) is 0 Å². The van der Waals surface area contributed by atoms with Crippen molar-refractivity contribution < 1.29 is 4.79 Å². The molecule has 1 atom stereocenters. The Morgan fingerprint density at radius 1 is 1.37 bits per heavy atom. The molecule has 0 aliphatic rings. The van der Waals surface area contributed by atoms with E-state index in [1.807, 2.05) is 20.8 Å². The minimum Gasteiger partial charge on any atom is -0.344 e. The molecule has 2 aromatic rings. The molecule has 5 heteroatoms. The molecule has 0 aliphatic heterocycles. The molecule has 4 nitrogen and oxygen atoms in total. The Morgan fingerprint density at radius 3 is 2.68 bits per heavy atom. The van der Waals surface area contributed by atoms with Crippen LogP contribution < -0.4 is 10.9 Å². The second-order valence-corrected chi connectivity index (χ2v) is 5.95. The van der Waals surface area contributed by atoms with Crippen molar-refractivity contribution in [1.29, 1.82) is 0 Å². The molecule has 0 saturated carbocycles. The molecule has 19 heavy (non-hydrogen) atoms. The van der Waals surface area contributed by atoms with Gasteiger partial charge < -0.3 is 10.3 Å². The highest BCUT2D eigenvalue weighted by Crippen LogP contribution is 2.26. The number of H-pyrrole nitrogens is 1. The number of aryl methyl sites for hydroxylation is 2. The fraction of sp³-hybridized carbons (Fsp3) is 0.286. The summed E-state index contributed by atoms with van der Waals surface area (Å²) in [4.78, 5) is 28.1. The maximum atomic E-state index is 12.0. The van der Waals surface area contributed by atoms with Crippen molar-refractivity contribution in [2.24, 2.45) is 0 Å². The number of aromatic nitrogens is 1. The Kier molecular flexibility index (Phi) is 3.85. The van der Waals surface area contributed by atoms with Gasteiger partial charge in [-0.05, 0) is 38.5 Å². The minimum atomic E-state index is -0.275. The summed E-state index contributed by atoms with van der Waals surface area (Å²) in [6, 6.07) is 6.54. The van der Waals surface area contributed by atoms with Gasteiger partial charge in [0.1, 0.15) is 5.69 Å². The third-order valence-corrected chi connectivity index (χ3v) is 3.89. The van der Waals surface area contributed by atoms with E-state index in [-0.39, 0.29) is 23.2 Å². The fourth-order valence-corrected chi connectivity index (χ4v) is 3.04. The van der Waals surface area contributed by atoms with E-state index in [9.17, 15) is 9.59 Å². The van der Waals surface area contributed by atoms with Gasteiger partial charge in [0, 0.05) is 15.8 Å². The van der Waals surface area contributed by atoms with Crippen LogP contribution in [0.5, 0.6) is 0 Å². The number of amides is 1. The summed E-state index contributed by atoms with van der Waals surface area (Å²) in [6.07, 6.45) is 0. The zero-order valence-corrected chi connectivity index (χ0v) is 11.9. The molecule has 0 spiro atoms. The highest BCUT2D eigenvalue weighted by Gasteiger charge is 2.15. The number of pyridine rings is 1. The number of hydrogen-bond acceptors (Lipinski definition) is 3. The molecule has 0 bridgehead atoms. The molecular weight excluding hydrogens is 260 g/mol. The molecule has 2 heterocycles. The summed E-state index contributed by atoms with van der Waals surface area (Å²) in [7, 11) is 0. The summed E-state index contributed by atoms with van der Waals surface area (Å²) >= 11 is 1.71. The molecule has 0 radical (unpaired) electrons. The van der Waals surface area contributed by atoms with Gasteiger partial charge in [0.2, 0.25) is 5.56 Å². The van der Waals surface area contributed by atoms with Crippen LogP contribution in [0.2, 0.25) is 0 Å². The number of thiophene rings is 1. The van der Waals surface area contributed by atoms with Crippen LogP contribution in [-0.2, 0) is 0 Å². The lowest BCUT2D eigenvalue weighted by Crippen LogP contribution is -2.28. The van der Waals surface area contributed by atoms with Gasteiger partial charge in [0.25, 0.3) is 5.91 Å². The average Bonchev–Trinajstić information content (AvgIpc) is 2.68. The topological polar surface area (TPSA) is 62.0 Å². The van der Waals surface area contributed by atoms with Gasteiger partial charge in [0.05, 0.1) is 6.04 Å². The molecule has 1 amide bonds. The largest absolute Gasteiger partial charge is 0.344 e. The van der Waals surface area contributed by atoms with Gasteiger partial charge in [-0.15, -0.1) is 11.3 Å². The Balaban J connectivity index is 2.15. The SMILES string of the molecule is Cc1cc(C(C)NC(=O)c2cccc(=O)[nH]2)c(C)s1. The second-order valence-electron chi connectivity index (χ2n) is 4.49. The van der Waals surface area contributed by atoms with Crippen molar-refractivity contribution >= 4 is 17.2 Å². The van der Waals surface area contributed by atoms with E-state index < -0.39 is 0 Å². The summed E-state index contributed by atoms with van der Waals surface area (Å²) in [5.74, 6) is -0.270. The molecule has 1 unspecified atom stereocenters. The highest BCUT2D eigenvalue weighted by molar-refractivity contribution is 7.12. The van der Waals surface area contributed by atoms with Gasteiger partial charge in [-0.1, -0.05) is 6.07 Å². The predicted octanol–water partition coefficient (Wildman–Crippen LogP) is 2.54. The summed E-state index contributed by atoms with van der Waals surface area (Å²) in [6.45, 7) is 6.03. The zero-order chi connectivity index (χ0) is 14.0. The lowest BCUT2D eigenvalue weighted by molar-refractivity contribution is 0.0934. The molecule has 0 aliphatic carbocycles. The van der Waals surface area contributed by atoms with Crippen LogP contribution in [0.3, 0.4) is 0 Å². The number of hydrogen-bond donors (Lipinski definition) is 2. The van der Waals surface area contributed by atoms with E-state index in [0.717, 1.165) is 5.56 Å². The Bertz CT molecular complexity index is 657. The van der Waals surface area contributed by atoms with Crippen molar-refractivity contribution in [3.05, 3.63) is 55.6 Å². The van der Waals surface area contributed by atoms with Crippen molar-refractivity contribution in [2.45, 2.75) is 26.8 Å². The smallest absolute Gasteiger partial charge is 0.268 e. The van der Waals surface area contributed by atoms with E-state index in [2.05, 4.69) is 16.4 Å². The van der Waals surface area contributed by atoms with E-state index in [1.54, 1.807) is 23.5 Å². The van der Waals surface area contributed by atoms with Gasteiger partial charge in [0.15, 0.2) is 0 Å². The van der Waals surface area contributed by atoms with Gasteiger partial charge in [-0.3, -0.25) is 9.59 Å². The second kappa shape index (κ2) is 5.40. The first-order valence-corrected chi connectivity index (χ1v) is 6.86.